The molecule has 14 heavy (non-hydrogen) atoms. The molecule has 0 unspecified atom stereocenters. The minimum absolute atomic E-state index is 0.0880. The van der Waals surface area contributed by atoms with Crippen LogP contribution in [-0.2, 0) is 7.05 Å². The summed E-state index contributed by atoms with van der Waals surface area (Å²) in [7, 11) is 1.81. The van der Waals surface area contributed by atoms with Crippen LogP contribution in [0.1, 0.15) is 5.69 Å². The van der Waals surface area contributed by atoms with Gasteiger partial charge in [0, 0.05) is 16.3 Å². The first-order chi connectivity index (χ1) is 6.61. The molecule has 3 heteroatoms. The van der Waals surface area contributed by atoms with Crippen LogP contribution in [0.2, 0.25) is 0 Å². The van der Waals surface area contributed by atoms with Gasteiger partial charge in [-0.05, 0) is 47.0 Å². The maximum absolute atomic E-state index is 11.9. The number of hydrogen-bond donors (Lipinski definition) is 0. The number of rotatable bonds is 0. The molecule has 0 radical (unpaired) electrons. The zero-order valence-corrected chi connectivity index (χ0v) is 10.2. The molecule has 0 saturated heterocycles. The lowest BCUT2D eigenvalue weighted by molar-refractivity contribution is 0.830. The standard InChI is InChI=1S/C11H10INO/c1-7-6-8-4-3-5-9(12)10(8)11(14)13(7)2/h3-6H,1-2H3. The molecule has 1 aromatic heterocycles. The lowest BCUT2D eigenvalue weighted by atomic mass is 10.1. The summed E-state index contributed by atoms with van der Waals surface area (Å²) in [5.74, 6) is 0. The summed E-state index contributed by atoms with van der Waals surface area (Å²) in [4.78, 5) is 11.9. The molecule has 72 valence electrons. The van der Waals surface area contributed by atoms with Gasteiger partial charge in [0.05, 0.1) is 5.39 Å². The lowest BCUT2D eigenvalue weighted by Gasteiger charge is -2.06. The zero-order chi connectivity index (χ0) is 10.3. The van der Waals surface area contributed by atoms with E-state index in [1.807, 2.05) is 31.2 Å². The average molecular weight is 299 g/mol. The van der Waals surface area contributed by atoms with Gasteiger partial charge in [-0.1, -0.05) is 12.1 Å². The number of aryl methyl sites for hydroxylation is 1. The van der Waals surface area contributed by atoms with Crippen LogP contribution in [0.15, 0.2) is 29.1 Å². The number of pyridine rings is 1. The largest absolute Gasteiger partial charge is 0.315 e. The molecular weight excluding hydrogens is 289 g/mol. The van der Waals surface area contributed by atoms with Crippen LogP contribution < -0.4 is 5.56 Å². The monoisotopic (exact) mass is 299 g/mol. The van der Waals surface area contributed by atoms with Crippen molar-refractivity contribution in [1.82, 2.24) is 4.57 Å². The number of fused-ring (bicyclic) bond motifs is 1. The third-order valence-electron chi connectivity index (χ3n) is 2.46. The minimum Gasteiger partial charge on any atom is -0.315 e. The second kappa shape index (κ2) is 3.38. The fourth-order valence-electron chi connectivity index (χ4n) is 1.54. The van der Waals surface area contributed by atoms with E-state index in [-0.39, 0.29) is 5.56 Å². The molecule has 1 heterocycles. The number of benzene rings is 1. The van der Waals surface area contributed by atoms with Crippen molar-refractivity contribution in [3.8, 4) is 0 Å². The van der Waals surface area contributed by atoms with Crippen molar-refractivity contribution in [2.24, 2.45) is 7.05 Å². The Morgan fingerprint density at radius 3 is 2.79 bits per heavy atom. The minimum atomic E-state index is 0.0880. The predicted octanol–water partition coefficient (Wildman–Crippen LogP) is 2.45. The van der Waals surface area contributed by atoms with Crippen LogP contribution in [0.4, 0.5) is 0 Å². The van der Waals surface area contributed by atoms with E-state index in [2.05, 4.69) is 22.6 Å². The van der Waals surface area contributed by atoms with Crippen molar-refractivity contribution in [3.63, 3.8) is 0 Å². The van der Waals surface area contributed by atoms with Crippen molar-refractivity contribution in [2.45, 2.75) is 6.92 Å². The number of halogens is 1. The highest BCUT2D eigenvalue weighted by atomic mass is 127. The van der Waals surface area contributed by atoms with Gasteiger partial charge in [-0.2, -0.15) is 0 Å². The van der Waals surface area contributed by atoms with Crippen molar-refractivity contribution >= 4 is 33.4 Å². The topological polar surface area (TPSA) is 22.0 Å². The predicted molar refractivity (Wildman–Crippen MR) is 66.6 cm³/mol. The molecule has 2 rings (SSSR count). The summed E-state index contributed by atoms with van der Waals surface area (Å²) in [5, 5.41) is 1.85. The lowest BCUT2D eigenvalue weighted by Crippen LogP contribution is -2.19. The maximum atomic E-state index is 11.9. The highest BCUT2D eigenvalue weighted by Crippen LogP contribution is 2.17. The third-order valence-corrected chi connectivity index (χ3v) is 3.36. The smallest absolute Gasteiger partial charge is 0.259 e. The van der Waals surface area contributed by atoms with Gasteiger partial charge in [0.1, 0.15) is 0 Å². The number of hydrogen-bond acceptors (Lipinski definition) is 1. The molecular formula is C11H10INO. The Morgan fingerprint density at radius 2 is 2.07 bits per heavy atom. The van der Waals surface area contributed by atoms with Crippen molar-refractivity contribution in [3.05, 3.63) is 43.9 Å². The SMILES string of the molecule is Cc1cc2cccc(I)c2c(=O)n1C. The van der Waals surface area contributed by atoms with Crippen molar-refractivity contribution in [2.75, 3.05) is 0 Å². The third kappa shape index (κ3) is 1.35. The van der Waals surface area contributed by atoms with E-state index in [1.54, 1.807) is 11.6 Å². The second-order valence-corrected chi connectivity index (χ2v) is 4.52. The summed E-state index contributed by atoms with van der Waals surface area (Å²) < 4.78 is 2.70. The Bertz CT molecular complexity index is 557. The first kappa shape index (κ1) is 9.71. The van der Waals surface area contributed by atoms with Crippen LogP contribution in [0, 0.1) is 10.5 Å². The van der Waals surface area contributed by atoms with Crippen molar-refractivity contribution < 1.29 is 0 Å². The summed E-state index contributed by atoms with van der Waals surface area (Å²) in [5.41, 5.74) is 1.08. The maximum Gasteiger partial charge on any atom is 0.259 e. The van der Waals surface area contributed by atoms with Gasteiger partial charge in [0.25, 0.3) is 5.56 Å². The molecule has 2 nitrogen and oxygen atoms in total. The van der Waals surface area contributed by atoms with E-state index in [1.165, 1.54) is 0 Å². The van der Waals surface area contributed by atoms with Crippen LogP contribution in [0.3, 0.4) is 0 Å². The Labute approximate surface area is 95.7 Å². The van der Waals surface area contributed by atoms with E-state index < -0.39 is 0 Å². The Kier molecular flexibility index (Phi) is 2.34. The molecule has 0 aliphatic rings. The summed E-state index contributed by atoms with van der Waals surface area (Å²) in [6.45, 7) is 1.95. The molecule has 0 N–H and O–H groups in total. The Balaban J connectivity index is 3.07. The van der Waals surface area contributed by atoms with Gasteiger partial charge >= 0.3 is 0 Å². The zero-order valence-electron chi connectivity index (χ0n) is 8.04. The van der Waals surface area contributed by atoms with Gasteiger partial charge in [0.15, 0.2) is 0 Å². The second-order valence-electron chi connectivity index (χ2n) is 3.35. The fraction of sp³-hybridized carbons (Fsp3) is 0.182. The van der Waals surface area contributed by atoms with Gasteiger partial charge in [-0.25, -0.2) is 0 Å². The summed E-state index contributed by atoms with van der Waals surface area (Å²) in [6, 6.07) is 7.95. The van der Waals surface area contributed by atoms with Crippen LogP contribution in [0.5, 0.6) is 0 Å². The van der Waals surface area contributed by atoms with Crippen LogP contribution in [-0.4, -0.2) is 4.57 Å². The van der Waals surface area contributed by atoms with Gasteiger partial charge < -0.3 is 4.57 Å². The van der Waals surface area contributed by atoms with Gasteiger partial charge in [-0.15, -0.1) is 0 Å². The first-order valence-electron chi connectivity index (χ1n) is 4.36. The van der Waals surface area contributed by atoms with E-state index >= 15 is 0 Å². The quantitative estimate of drug-likeness (QED) is 0.685. The van der Waals surface area contributed by atoms with Crippen LogP contribution >= 0.6 is 22.6 Å². The molecule has 1 aromatic carbocycles. The molecule has 0 bridgehead atoms. The van der Waals surface area contributed by atoms with Gasteiger partial charge in [-0.3, -0.25) is 4.79 Å². The Morgan fingerprint density at radius 1 is 1.36 bits per heavy atom. The number of nitrogens with zero attached hydrogens (tertiary/aromatic N) is 1. The molecule has 0 aliphatic carbocycles. The summed E-state index contributed by atoms with van der Waals surface area (Å²) in [6.07, 6.45) is 0. The molecule has 0 amide bonds. The summed E-state index contributed by atoms with van der Waals surface area (Å²) >= 11 is 2.20. The first-order valence-corrected chi connectivity index (χ1v) is 5.44. The van der Waals surface area contributed by atoms with Gasteiger partial charge in [0.2, 0.25) is 0 Å². The van der Waals surface area contributed by atoms with E-state index in [9.17, 15) is 4.79 Å². The molecule has 0 saturated carbocycles. The van der Waals surface area contributed by atoms with E-state index in [4.69, 9.17) is 0 Å². The Hall–Kier alpha value is -0.840. The van der Waals surface area contributed by atoms with E-state index in [0.717, 1.165) is 20.0 Å². The molecule has 0 fully saturated rings. The van der Waals surface area contributed by atoms with Crippen molar-refractivity contribution in [1.29, 1.82) is 0 Å². The fourth-order valence-corrected chi connectivity index (χ4v) is 2.29. The average Bonchev–Trinajstić information content (AvgIpc) is 2.14. The normalized spacial score (nSPS) is 10.8. The highest BCUT2D eigenvalue weighted by molar-refractivity contribution is 14.1. The molecule has 2 aromatic rings. The molecule has 0 spiro atoms. The molecule has 0 aliphatic heterocycles. The molecule has 0 atom stereocenters. The number of aromatic nitrogens is 1. The van der Waals surface area contributed by atoms with E-state index in [0.29, 0.717) is 0 Å². The van der Waals surface area contributed by atoms with Crippen LogP contribution in [0.25, 0.3) is 10.8 Å². The highest BCUT2D eigenvalue weighted by Gasteiger charge is 2.05.